The lowest BCUT2D eigenvalue weighted by atomic mass is 10.5. The van der Waals surface area contributed by atoms with Crippen molar-refractivity contribution >= 4 is 35.8 Å². The third-order valence-corrected chi connectivity index (χ3v) is 4.84. The van der Waals surface area contributed by atoms with Crippen LogP contribution in [0.3, 0.4) is 0 Å². The van der Waals surface area contributed by atoms with Gasteiger partial charge < -0.3 is 0 Å². The van der Waals surface area contributed by atoms with E-state index in [0.29, 0.717) is 0 Å². The van der Waals surface area contributed by atoms with Gasteiger partial charge in [-0.3, -0.25) is 0 Å². The molecule has 0 rings (SSSR count). The highest BCUT2D eigenvalue weighted by molar-refractivity contribution is 9.09. The van der Waals surface area contributed by atoms with E-state index in [9.17, 15) is 16.8 Å². The summed E-state index contributed by atoms with van der Waals surface area (Å²) in [5.74, 6) is 0. The van der Waals surface area contributed by atoms with E-state index < -0.39 is 24.9 Å². The van der Waals surface area contributed by atoms with Crippen molar-refractivity contribution in [1.82, 2.24) is 4.72 Å². The third kappa shape index (κ3) is 8.66. The molecule has 0 radical (unpaired) electrons. The number of halogens is 1. The summed E-state index contributed by atoms with van der Waals surface area (Å²) in [6.45, 7) is 1.93. The molecule has 0 aromatic heterocycles. The van der Waals surface area contributed by atoms with Crippen LogP contribution in [0.5, 0.6) is 0 Å². The highest BCUT2D eigenvalue weighted by atomic mass is 79.9. The number of sulfonamides is 1. The molecule has 13 heavy (non-hydrogen) atoms. The molecule has 80 valence electrons. The average molecular weight is 294 g/mol. The minimum Gasteiger partial charge on any atom is -0.228 e. The van der Waals surface area contributed by atoms with Crippen LogP contribution in [0.15, 0.2) is 0 Å². The van der Waals surface area contributed by atoms with Gasteiger partial charge in [-0.2, -0.15) is 0 Å². The van der Waals surface area contributed by atoms with Crippen LogP contribution in [0.25, 0.3) is 0 Å². The van der Waals surface area contributed by atoms with E-state index in [1.165, 1.54) is 0 Å². The summed E-state index contributed by atoms with van der Waals surface area (Å²) in [5.41, 5.74) is 0. The van der Waals surface area contributed by atoms with Crippen LogP contribution in [0, 0.1) is 0 Å². The van der Waals surface area contributed by atoms with Crippen molar-refractivity contribution in [2.75, 3.05) is 17.9 Å². The second-order valence-corrected chi connectivity index (χ2v) is 8.66. The first-order chi connectivity index (χ1) is 5.62. The molecule has 0 aromatic rings. The molecule has 5 nitrogen and oxygen atoms in total. The molecule has 0 fully saturated rings. The normalized spacial score (nSPS) is 15.6. The molecule has 0 saturated carbocycles. The van der Waals surface area contributed by atoms with Gasteiger partial charge in [0.15, 0.2) is 14.9 Å². The van der Waals surface area contributed by atoms with E-state index in [0.717, 1.165) is 6.26 Å². The molecular weight excluding hydrogens is 282 g/mol. The number of nitrogens with one attached hydrogen (secondary N) is 1. The Balaban J connectivity index is 4.28. The Morgan fingerprint density at radius 2 is 1.77 bits per heavy atom. The van der Waals surface area contributed by atoms with Gasteiger partial charge >= 0.3 is 0 Å². The van der Waals surface area contributed by atoms with E-state index in [-0.39, 0.29) is 11.4 Å². The molecule has 0 saturated heterocycles. The first kappa shape index (κ1) is 13.3. The monoisotopic (exact) mass is 293 g/mol. The van der Waals surface area contributed by atoms with Crippen molar-refractivity contribution in [3.63, 3.8) is 0 Å². The van der Waals surface area contributed by atoms with Gasteiger partial charge in [0.05, 0.1) is 0 Å². The van der Waals surface area contributed by atoms with Crippen LogP contribution in [-0.4, -0.2) is 39.5 Å². The van der Waals surface area contributed by atoms with Gasteiger partial charge in [0.1, 0.15) is 0 Å². The molecule has 1 N–H and O–H groups in total. The summed E-state index contributed by atoms with van der Waals surface area (Å²) in [6.07, 6.45) is 0.879. The fourth-order valence-corrected chi connectivity index (χ4v) is 4.03. The minimum atomic E-state index is -3.70. The molecule has 0 aliphatic carbocycles. The van der Waals surface area contributed by atoms with Gasteiger partial charge in [-0.05, 0) is 0 Å². The summed E-state index contributed by atoms with van der Waals surface area (Å²) in [5, 5.41) is -0.861. The van der Waals surface area contributed by atoms with Crippen LogP contribution in [0.1, 0.15) is 6.92 Å². The van der Waals surface area contributed by atoms with Gasteiger partial charge in [0, 0.05) is 17.6 Å². The van der Waals surface area contributed by atoms with E-state index in [1.54, 1.807) is 6.92 Å². The van der Waals surface area contributed by atoms with Crippen LogP contribution in [0.2, 0.25) is 0 Å². The van der Waals surface area contributed by atoms with Crippen molar-refractivity contribution in [1.29, 1.82) is 0 Å². The van der Waals surface area contributed by atoms with Crippen LogP contribution in [0.4, 0.5) is 0 Å². The number of alkyl halides is 1. The largest absolute Gasteiger partial charge is 0.228 e. The van der Waals surface area contributed by atoms with Gasteiger partial charge in [0.25, 0.3) is 0 Å². The highest BCUT2D eigenvalue weighted by Crippen LogP contribution is 1.97. The number of rotatable bonds is 5. The first-order valence-corrected chi connectivity index (χ1v) is 8.04. The molecule has 0 heterocycles. The SMILES string of the molecule is CC(Br)CNS(=O)(=O)CS(C)(=O)=O. The zero-order valence-corrected chi connectivity index (χ0v) is 10.5. The van der Waals surface area contributed by atoms with Crippen molar-refractivity contribution in [2.24, 2.45) is 0 Å². The maximum atomic E-state index is 11.0. The Morgan fingerprint density at radius 3 is 2.08 bits per heavy atom. The van der Waals surface area contributed by atoms with Crippen LogP contribution < -0.4 is 4.72 Å². The highest BCUT2D eigenvalue weighted by Gasteiger charge is 2.17. The average Bonchev–Trinajstić information content (AvgIpc) is 1.78. The molecule has 0 aliphatic rings. The Bertz CT molecular complexity index is 345. The van der Waals surface area contributed by atoms with E-state index in [1.807, 2.05) is 0 Å². The molecule has 0 aliphatic heterocycles. The molecule has 8 heteroatoms. The van der Waals surface area contributed by atoms with Gasteiger partial charge in [-0.15, -0.1) is 0 Å². The molecule has 1 unspecified atom stereocenters. The lowest BCUT2D eigenvalue weighted by Gasteiger charge is -2.06. The second-order valence-electron chi connectivity index (χ2n) is 2.79. The quantitative estimate of drug-likeness (QED) is 0.705. The lowest BCUT2D eigenvalue weighted by molar-refractivity contribution is 0.581. The summed E-state index contributed by atoms with van der Waals surface area (Å²) in [6, 6.07) is 0. The smallest absolute Gasteiger partial charge is 0.226 e. The minimum absolute atomic E-state index is 0.0261. The summed E-state index contributed by atoms with van der Waals surface area (Å²) in [4.78, 5) is -0.0261. The maximum Gasteiger partial charge on any atom is 0.226 e. The summed E-state index contributed by atoms with van der Waals surface area (Å²) >= 11 is 3.13. The molecular formula is C5H12BrNO4S2. The molecule has 0 aromatic carbocycles. The Kier molecular flexibility index (Phi) is 4.84. The van der Waals surface area contributed by atoms with Gasteiger partial charge in [0.2, 0.25) is 10.0 Å². The van der Waals surface area contributed by atoms with Crippen LogP contribution >= 0.6 is 15.9 Å². The fourth-order valence-electron chi connectivity index (χ4n) is 0.565. The Morgan fingerprint density at radius 1 is 1.31 bits per heavy atom. The van der Waals surface area contributed by atoms with Crippen LogP contribution in [-0.2, 0) is 19.9 Å². The molecule has 0 amide bonds. The number of hydrogen-bond acceptors (Lipinski definition) is 4. The van der Waals surface area contributed by atoms with Gasteiger partial charge in [-0.25, -0.2) is 21.6 Å². The molecule has 1 atom stereocenters. The van der Waals surface area contributed by atoms with E-state index in [4.69, 9.17) is 0 Å². The number of sulfone groups is 1. The van der Waals surface area contributed by atoms with E-state index in [2.05, 4.69) is 20.7 Å². The Labute approximate surface area is 87.0 Å². The standard InChI is InChI=1S/C5H12BrNO4S2/c1-5(6)3-7-13(10,11)4-12(2,8)9/h5,7H,3-4H2,1-2H3. The predicted molar refractivity (Wildman–Crippen MR) is 55.0 cm³/mol. The van der Waals surface area contributed by atoms with Crippen molar-refractivity contribution in [3.8, 4) is 0 Å². The van der Waals surface area contributed by atoms with Crippen molar-refractivity contribution in [3.05, 3.63) is 0 Å². The van der Waals surface area contributed by atoms with Crippen molar-refractivity contribution < 1.29 is 16.8 Å². The molecule has 0 spiro atoms. The topological polar surface area (TPSA) is 80.3 Å². The fraction of sp³-hybridized carbons (Fsp3) is 1.00. The number of hydrogen-bond donors (Lipinski definition) is 1. The zero-order chi connectivity index (χ0) is 10.7. The lowest BCUT2D eigenvalue weighted by Crippen LogP contribution is -2.33. The zero-order valence-electron chi connectivity index (χ0n) is 7.32. The predicted octanol–water partition coefficient (Wildman–Crippen LogP) is -0.309. The van der Waals surface area contributed by atoms with Gasteiger partial charge in [-0.1, -0.05) is 22.9 Å². The first-order valence-electron chi connectivity index (χ1n) is 3.41. The Hall–Kier alpha value is 0.340. The summed E-state index contributed by atoms with van der Waals surface area (Å²) < 4.78 is 45.6. The maximum absolute atomic E-state index is 11.0. The molecule has 0 bridgehead atoms. The third-order valence-electron chi connectivity index (χ3n) is 0.954. The van der Waals surface area contributed by atoms with Crippen molar-refractivity contribution in [2.45, 2.75) is 11.8 Å². The summed E-state index contributed by atoms with van der Waals surface area (Å²) in [7, 11) is -7.20. The second kappa shape index (κ2) is 4.72. The van der Waals surface area contributed by atoms with E-state index >= 15 is 0 Å².